The molecule has 148 valence electrons. The summed E-state index contributed by atoms with van der Waals surface area (Å²) in [5, 5.41) is 0. The zero-order valence-electron chi connectivity index (χ0n) is 16.4. The van der Waals surface area contributed by atoms with E-state index in [1.807, 2.05) is 44.2 Å². The van der Waals surface area contributed by atoms with Gasteiger partial charge in [-0.3, -0.25) is 19.3 Å². The summed E-state index contributed by atoms with van der Waals surface area (Å²) in [6.45, 7) is 8.18. The minimum atomic E-state index is -0.857. The summed E-state index contributed by atoms with van der Waals surface area (Å²) >= 11 is 0. The SMILES string of the molecule is CC(=O)O[C@H]1[C@H](OC(C)=O)[C@H](C)N([C@H](C)c2ccccc2)C[C@@H]1OC(C)=O. The molecule has 0 unspecified atom stereocenters. The molecule has 7 nitrogen and oxygen atoms in total. The number of nitrogens with zero attached hydrogens (tertiary/aromatic N) is 1. The van der Waals surface area contributed by atoms with E-state index in [2.05, 4.69) is 4.90 Å². The van der Waals surface area contributed by atoms with Gasteiger partial charge in [0.05, 0.1) is 0 Å². The molecular formula is C20H27NO6. The Kier molecular flexibility index (Phi) is 6.96. The van der Waals surface area contributed by atoms with Crippen LogP contribution in [-0.2, 0) is 28.6 Å². The van der Waals surface area contributed by atoms with E-state index in [1.165, 1.54) is 20.8 Å². The molecule has 0 aliphatic carbocycles. The van der Waals surface area contributed by atoms with Gasteiger partial charge in [-0.1, -0.05) is 30.3 Å². The molecule has 1 heterocycles. The minimum Gasteiger partial charge on any atom is -0.457 e. The van der Waals surface area contributed by atoms with Crippen molar-refractivity contribution in [2.24, 2.45) is 0 Å². The number of hydrogen-bond donors (Lipinski definition) is 0. The second kappa shape index (κ2) is 8.99. The molecule has 0 amide bonds. The highest BCUT2D eigenvalue weighted by atomic mass is 16.6. The van der Waals surface area contributed by atoms with E-state index in [0.29, 0.717) is 6.54 Å². The lowest BCUT2D eigenvalue weighted by atomic mass is 9.91. The number of ether oxygens (including phenoxy) is 3. The third kappa shape index (κ3) is 5.29. The number of esters is 3. The van der Waals surface area contributed by atoms with Gasteiger partial charge in [0.1, 0.15) is 0 Å². The van der Waals surface area contributed by atoms with Crippen molar-refractivity contribution in [2.75, 3.05) is 6.54 Å². The molecule has 1 aromatic rings. The number of benzene rings is 1. The van der Waals surface area contributed by atoms with Crippen LogP contribution < -0.4 is 0 Å². The average Bonchev–Trinajstić information content (AvgIpc) is 2.59. The van der Waals surface area contributed by atoms with Crippen molar-refractivity contribution in [3.8, 4) is 0 Å². The molecule has 0 saturated carbocycles. The van der Waals surface area contributed by atoms with Gasteiger partial charge in [-0.15, -0.1) is 0 Å². The molecule has 1 aromatic carbocycles. The first-order chi connectivity index (χ1) is 12.7. The van der Waals surface area contributed by atoms with Gasteiger partial charge in [0.25, 0.3) is 0 Å². The maximum absolute atomic E-state index is 11.7. The van der Waals surface area contributed by atoms with E-state index < -0.39 is 36.2 Å². The van der Waals surface area contributed by atoms with Gasteiger partial charge in [0, 0.05) is 39.4 Å². The highest BCUT2D eigenvalue weighted by Gasteiger charge is 2.48. The fourth-order valence-electron chi connectivity index (χ4n) is 3.60. The molecule has 1 saturated heterocycles. The normalized spacial score (nSPS) is 26.7. The lowest BCUT2D eigenvalue weighted by Gasteiger charge is -2.48. The van der Waals surface area contributed by atoms with Crippen molar-refractivity contribution in [1.29, 1.82) is 0 Å². The first kappa shape index (κ1) is 20.9. The van der Waals surface area contributed by atoms with Gasteiger partial charge < -0.3 is 14.2 Å². The fourth-order valence-corrected chi connectivity index (χ4v) is 3.60. The second-order valence-corrected chi connectivity index (χ2v) is 6.82. The first-order valence-electron chi connectivity index (χ1n) is 9.03. The zero-order valence-corrected chi connectivity index (χ0v) is 16.4. The van der Waals surface area contributed by atoms with Crippen molar-refractivity contribution in [3.63, 3.8) is 0 Å². The summed E-state index contributed by atoms with van der Waals surface area (Å²) in [7, 11) is 0. The summed E-state index contributed by atoms with van der Waals surface area (Å²) in [6.07, 6.45) is -2.35. The second-order valence-electron chi connectivity index (χ2n) is 6.82. The molecular weight excluding hydrogens is 350 g/mol. The minimum absolute atomic E-state index is 0.0180. The van der Waals surface area contributed by atoms with Crippen LogP contribution in [0, 0.1) is 0 Å². The Morgan fingerprint density at radius 1 is 0.926 bits per heavy atom. The Labute approximate surface area is 159 Å². The molecule has 27 heavy (non-hydrogen) atoms. The van der Waals surface area contributed by atoms with Crippen LogP contribution in [0.5, 0.6) is 0 Å². The molecule has 0 N–H and O–H groups in total. The number of piperidine rings is 1. The van der Waals surface area contributed by atoms with E-state index >= 15 is 0 Å². The molecule has 2 rings (SSSR count). The zero-order chi connectivity index (χ0) is 20.1. The van der Waals surface area contributed by atoms with Crippen LogP contribution in [-0.4, -0.2) is 53.7 Å². The van der Waals surface area contributed by atoms with Crippen molar-refractivity contribution in [3.05, 3.63) is 35.9 Å². The Morgan fingerprint density at radius 2 is 1.44 bits per heavy atom. The van der Waals surface area contributed by atoms with Crippen molar-refractivity contribution in [2.45, 2.75) is 65.0 Å². The maximum Gasteiger partial charge on any atom is 0.303 e. The summed E-state index contributed by atoms with van der Waals surface area (Å²) < 4.78 is 16.3. The molecule has 1 aliphatic heterocycles. The largest absolute Gasteiger partial charge is 0.457 e. The van der Waals surface area contributed by atoms with E-state index in [-0.39, 0.29) is 12.1 Å². The quantitative estimate of drug-likeness (QED) is 0.575. The molecule has 0 radical (unpaired) electrons. The third-order valence-corrected chi connectivity index (χ3v) is 4.78. The maximum atomic E-state index is 11.7. The Balaban J connectivity index is 2.37. The fraction of sp³-hybridized carbons (Fsp3) is 0.550. The summed E-state index contributed by atoms with van der Waals surface area (Å²) in [4.78, 5) is 37.0. The molecule has 0 spiro atoms. The molecule has 5 atom stereocenters. The Morgan fingerprint density at radius 3 is 1.96 bits per heavy atom. The predicted octanol–water partition coefficient (Wildman–Crippen LogP) is 2.25. The van der Waals surface area contributed by atoms with Gasteiger partial charge in [-0.05, 0) is 19.4 Å². The van der Waals surface area contributed by atoms with Crippen LogP contribution in [0.25, 0.3) is 0 Å². The van der Waals surface area contributed by atoms with Crippen LogP contribution in [0.1, 0.15) is 46.2 Å². The Bertz CT molecular complexity index is 676. The molecule has 0 aromatic heterocycles. The Hall–Kier alpha value is -2.41. The van der Waals surface area contributed by atoms with Crippen LogP contribution in [0.4, 0.5) is 0 Å². The molecule has 1 aliphatic rings. The van der Waals surface area contributed by atoms with Gasteiger partial charge in [-0.25, -0.2) is 0 Å². The van der Waals surface area contributed by atoms with Crippen molar-refractivity contribution < 1.29 is 28.6 Å². The number of carbonyl (C=O) groups is 3. The van der Waals surface area contributed by atoms with Crippen LogP contribution >= 0.6 is 0 Å². The summed E-state index contributed by atoms with van der Waals surface area (Å²) in [6, 6.07) is 9.60. The van der Waals surface area contributed by atoms with Crippen LogP contribution in [0.15, 0.2) is 30.3 Å². The molecule has 1 fully saturated rings. The van der Waals surface area contributed by atoms with E-state index in [9.17, 15) is 14.4 Å². The number of likely N-dealkylation sites (tertiary alicyclic amines) is 1. The van der Waals surface area contributed by atoms with Gasteiger partial charge in [0.2, 0.25) is 0 Å². The van der Waals surface area contributed by atoms with E-state index in [1.54, 1.807) is 0 Å². The van der Waals surface area contributed by atoms with E-state index in [4.69, 9.17) is 14.2 Å². The third-order valence-electron chi connectivity index (χ3n) is 4.78. The number of hydrogen-bond acceptors (Lipinski definition) is 7. The number of rotatable bonds is 5. The van der Waals surface area contributed by atoms with Gasteiger partial charge in [-0.2, -0.15) is 0 Å². The van der Waals surface area contributed by atoms with Gasteiger partial charge >= 0.3 is 17.9 Å². The van der Waals surface area contributed by atoms with Crippen molar-refractivity contribution >= 4 is 17.9 Å². The standard InChI is InChI=1S/C20H27NO6/c1-12(17-9-7-6-8-10-17)21-11-18(25-14(3)22)20(27-16(5)24)19(13(21)2)26-15(4)23/h6-10,12-13,18-20H,11H2,1-5H3/t12-,13+,18+,19-,20-/m1/s1. The molecule has 7 heteroatoms. The van der Waals surface area contributed by atoms with Gasteiger partial charge in [0.15, 0.2) is 18.3 Å². The highest BCUT2D eigenvalue weighted by molar-refractivity contribution is 5.68. The topological polar surface area (TPSA) is 82.1 Å². The predicted molar refractivity (Wildman–Crippen MR) is 97.7 cm³/mol. The average molecular weight is 377 g/mol. The highest BCUT2D eigenvalue weighted by Crippen LogP contribution is 2.32. The lowest BCUT2D eigenvalue weighted by Crippen LogP contribution is -2.63. The smallest absolute Gasteiger partial charge is 0.303 e. The first-order valence-corrected chi connectivity index (χ1v) is 9.03. The molecule has 0 bridgehead atoms. The van der Waals surface area contributed by atoms with Crippen LogP contribution in [0.3, 0.4) is 0 Å². The monoisotopic (exact) mass is 377 g/mol. The lowest BCUT2D eigenvalue weighted by molar-refractivity contribution is -0.205. The number of carbonyl (C=O) groups excluding carboxylic acids is 3. The summed E-state index contributed by atoms with van der Waals surface area (Å²) in [5.74, 6) is -1.49. The van der Waals surface area contributed by atoms with Crippen molar-refractivity contribution in [1.82, 2.24) is 4.90 Å². The van der Waals surface area contributed by atoms with Crippen LogP contribution in [0.2, 0.25) is 0 Å². The van der Waals surface area contributed by atoms with E-state index in [0.717, 1.165) is 5.56 Å². The summed E-state index contributed by atoms with van der Waals surface area (Å²) in [5.41, 5.74) is 1.08.